The van der Waals surface area contributed by atoms with Gasteiger partial charge in [-0.2, -0.15) is 0 Å². The lowest BCUT2D eigenvalue weighted by Crippen LogP contribution is -2.32. The van der Waals surface area contributed by atoms with E-state index < -0.39 is 0 Å². The van der Waals surface area contributed by atoms with E-state index >= 15 is 0 Å². The Bertz CT molecular complexity index is 407. The van der Waals surface area contributed by atoms with Crippen LogP contribution in [0, 0.1) is 0 Å². The normalized spacial score (nSPS) is 10.1. The number of nitrogens with zero attached hydrogens (tertiary/aromatic N) is 1. The molecule has 0 aliphatic rings. The first kappa shape index (κ1) is 8.95. The highest BCUT2D eigenvalue weighted by molar-refractivity contribution is 5.19. The molecule has 0 saturated carbocycles. The Morgan fingerprint density at radius 1 is 0.929 bits per heavy atom. The van der Waals surface area contributed by atoms with Crippen molar-refractivity contribution in [1.29, 1.82) is 0 Å². The summed E-state index contributed by atoms with van der Waals surface area (Å²) in [5.41, 5.74) is 2.69. The van der Waals surface area contributed by atoms with Crippen LogP contribution < -0.4 is 4.57 Å². The van der Waals surface area contributed by atoms with E-state index in [1.807, 2.05) is 0 Å². The average Bonchev–Trinajstić information content (AvgIpc) is 2.23. The molecule has 1 heterocycles. The van der Waals surface area contributed by atoms with Gasteiger partial charge in [-0.3, -0.25) is 0 Å². The van der Waals surface area contributed by atoms with Gasteiger partial charge in [-0.1, -0.05) is 36.4 Å². The van der Waals surface area contributed by atoms with Crippen LogP contribution >= 0.6 is 0 Å². The Balaban J connectivity index is 2.24. The van der Waals surface area contributed by atoms with Gasteiger partial charge in [0.15, 0.2) is 11.9 Å². The van der Waals surface area contributed by atoms with Gasteiger partial charge in [0.25, 0.3) is 0 Å². The maximum atomic E-state index is 2.16. The van der Waals surface area contributed by atoms with Crippen LogP contribution in [-0.2, 0) is 13.5 Å². The highest BCUT2D eigenvalue weighted by Gasteiger charge is 2.04. The third-order valence-electron chi connectivity index (χ3n) is 2.39. The number of aromatic nitrogens is 1. The molecule has 2 aromatic rings. The lowest BCUT2D eigenvalue weighted by molar-refractivity contribution is -0.678. The van der Waals surface area contributed by atoms with E-state index in [9.17, 15) is 0 Å². The zero-order valence-electron chi connectivity index (χ0n) is 8.35. The molecule has 1 aromatic carbocycles. The predicted octanol–water partition coefficient (Wildman–Crippen LogP) is 2.10. The maximum Gasteiger partial charge on any atom is 0.185 e. The summed E-state index contributed by atoms with van der Waals surface area (Å²) < 4.78 is 2.16. The fraction of sp³-hybridized carbons (Fsp3) is 0.154. The third kappa shape index (κ3) is 1.99. The van der Waals surface area contributed by atoms with Crippen molar-refractivity contribution in [2.24, 2.45) is 7.05 Å². The summed E-state index contributed by atoms with van der Waals surface area (Å²) in [6.07, 6.45) is 3.08. The molecule has 1 heteroatoms. The Labute approximate surface area is 84.6 Å². The van der Waals surface area contributed by atoms with Crippen molar-refractivity contribution in [1.82, 2.24) is 0 Å². The van der Waals surface area contributed by atoms with Crippen LogP contribution in [0.2, 0.25) is 0 Å². The van der Waals surface area contributed by atoms with Gasteiger partial charge in [0.2, 0.25) is 0 Å². The van der Waals surface area contributed by atoms with Gasteiger partial charge in [-0.25, -0.2) is 4.57 Å². The molecule has 0 fully saturated rings. The monoisotopic (exact) mass is 184 g/mol. The molecular weight excluding hydrogens is 170 g/mol. The number of pyridine rings is 1. The molecule has 0 atom stereocenters. The molecule has 2 rings (SSSR count). The first-order chi connectivity index (χ1) is 6.86. The number of benzene rings is 1. The van der Waals surface area contributed by atoms with Gasteiger partial charge in [0.05, 0.1) is 6.42 Å². The third-order valence-corrected chi connectivity index (χ3v) is 2.39. The van der Waals surface area contributed by atoms with Crippen molar-refractivity contribution < 1.29 is 4.57 Å². The van der Waals surface area contributed by atoms with Crippen molar-refractivity contribution in [2.75, 3.05) is 0 Å². The zero-order chi connectivity index (χ0) is 9.80. The van der Waals surface area contributed by atoms with Crippen LogP contribution in [-0.4, -0.2) is 0 Å². The van der Waals surface area contributed by atoms with Gasteiger partial charge in [-0.15, -0.1) is 0 Å². The second-order valence-electron chi connectivity index (χ2n) is 3.47. The summed E-state index contributed by atoms with van der Waals surface area (Å²) in [5, 5.41) is 0. The second kappa shape index (κ2) is 4.05. The Morgan fingerprint density at radius 3 is 2.36 bits per heavy atom. The predicted molar refractivity (Wildman–Crippen MR) is 56.9 cm³/mol. The van der Waals surface area contributed by atoms with Crippen LogP contribution in [0.4, 0.5) is 0 Å². The Morgan fingerprint density at radius 2 is 1.64 bits per heavy atom. The van der Waals surface area contributed by atoms with Gasteiger partial charge >= 0.3 is 0 Å². The number of hydrogen-bond donors (Lipinski definition) is 0. The van der Waals surface area contributed by atoms with Crippen molar-refractivity contribution in [2.45, 2.75) is 6.42 Å². The molecule has 1 nitrogen and oxygen atoms in total. The standard InChI is InChI=1S/C13H14N/c1-14-10-6-5-9-13(14)11-12-7-3-2-4-8-12/h2-10H,11H2,1H3/q+1. The van der Waals surface area contributed by atoms with Crippen LogP contribution in [0.3, 0.4) is 0 Å². The number of aryl methyl sites for hydroxylation is 1. The summed E-state index contributed by atoms with van der Waals surface area (Å²) in [6.45, 7) is 0. The van der Waals surface area contributed by atoms with E-state index in [0.29, 0.717) is 0 Å². The van der Waals surface area contributed by atoms with E-state index in [2.05, 4.69) is 66.3 Å². The van der Waals surface area contributed by atoms with E-state index in [0.717, 1.165) is 6.42 Å². The number of rotatable bonds is 2. The Kier molecular flexibility index (Phi) is 2.59. The SMILES string of the molecule is C[n+]1ccccc1Cc1ccccc1. The summed E-state index contributed by atoms with van der Waals surface area (Å²) >= 11 is 0. The average molecular weight is 184 g/mol. The minimum atomic E-state index is 0.998. The fourth-order valence-corrected chi connectivity index (χ4v) is 1.55. The first-order valence-electron chi connectivity index (χ1n) is 4.84. The molecule has 70 valence electrons. The molecule has 0 saturated heterocycles. The second-order valence-corrected chi connectivity index (χ2v) is 3.47. The van der Waals surface area contributed by atoms with Crippen LogP contribution in [0.5, 0.6) is 0 Å². The molecule has 0 aliphatic carbocycles. The van der Waals surface area contributed by atoms with E-state index in [4.69, 9.17) is 0 Å². The zero-order valence-corrected chi connectivity index (χ0v) is 8.35. The van der Waals surface area contributed by atoms with E-state index in [-0.39, 0.29) is 0 Å². The van der Waals surface area contributed by atoms with Crippen LogP contribution in [0.25, 0.3) is 0 Å². The summed E-state index contributed by atoms with van der Waals surface area (Å²) in [6, 6.07) is 16.8. The lowest BCUT2D eigenvalue weighted by atomic mass is 10.1. The molecule has 0 radical (unpaired) electrons. The molecule has 14 heavy (non-hydrogen) atoms. The van der Waals surface area contributed by atoms with Gasteiger partial charge < -0.3 is 0 Å². The minimum absolute atomic E-state index is 0.998. The summed E-state index contributed by atoms with van der Waals surface area (Å²) in [5.74, 6) is 0. The van der Waals surface area contributed by atoms with Gasteiger partial charge in [0, 0.05) is 12.1 Å². The molecular formula is C13H14N+. The molecule has 0 spiro atoms. The maximum absolute atomic E-state index is 2.16. The van der Waals surface area contributed by atoms with Crippen molar-refractivity contribution in [3.05, 3.63) is 66.0 Å². The molecule has 0 amide bonds. The molecule has 1 aromatic heterocycles. The minimum Gasteiger partial charge on any atom is -0.205 e. The van der Waals surface area contributed by atoms with Crippen molar-refractivity contribution >= 4 is 0 Å². The molecule has 0 N–H and O–H groups in total. The van der Waals surface area contributed by atoms with Gasteiger partial charge in [0.1, 0.15) is 7.05 Å². The number of hydrogen-bond acceptors (Lipinski definition) is 0. The Hall–Kier alpha value is -1.63. The smallest absolute Gasteiger partial charge is 0.185 e. The lowest BCUT2D eigenvalue weighted by Gasteiger charge is -1.99. The summed E-state index contributed by atoms with van der Waals surface area (Å²) in [7, 11) is 2.08. The largest absolute Gasteiger partial charge is 0.205 e. The quantitative estimate of drug-likeness (QED) is 0.629. The summed E-state index contributed by atoms with van der Waals surface area (Å²) in [4.78, 5) is 0. The van der Waals surface area contributed by atoms with Crippen molar-refractivity contribution in [3.63, 3.8) is 0 Å². The molecule has 0 unspecified atom stereocenters. The molecule has 0 bridgehead atoms. The van der Waals surface area contributed by atoms with E-state index in [1.165, 1.54) is 11.3 Å². The van der Waals surface area contributed by atoms with Gasteiger partial charge in [-0.05, 0) is 5.56 Å². The van der Waals surface area contributed by atoms with Crippen LogP contribution in [0.1, 0.15) is 11.3 Å². The topological polar surface area (TPSA) is 3.88 Å². The van der Waals surface area contributed by atoms with Crippen LogP contribution in [0.15, 0.2) is 54.7 Å². The van der Waals surface area contributed by atoms with Crippen molar-refractivity contribution in [3.8, 4) is 0 Å². The molecule has 0 aliphatic heterocycles. The van der Waals surface area contributed by atoms with E-state index in [1.54, 1.807) is 0 Å². The highest BCUT2D eigenvalue weighted by atomic mass is 14.9. The fourth-order valence-electron chi connectivity index (χ4n) is 1.55. The highest BCUT2D eigenvalue weighted by Crippen LogP contribution is 2.04. The first-order valence-corrected chi connectivity index (χ1v) is 4.84.